The summed E-state index contributed by atoms with van der Waals surface area (Å²) in [6.45, 7) is 14.7. The third-order valence-corrected chi connectivity index (χ3v) is 3.24. The van der Waals surface area contributed by atoms with Crippen LogP contribution in [0.1, 0.15) is 59.3 Å². The molecule has 0 amide bonds. The average Bonchev–Trinajstić information content (AvgIpc) is 2.23. The van der Waals surface area contributed by atoms with Crippen LogP contribution < -0.4 is 0 Å². The van der Waals surface area contributed by atoms with Crippen molar-refractivity contribution >= 4 is 0 Å². The van der Waals surface area contributed by atoms with Crippen LogP contribution in [0.4, 0.5) is 0 Å². The molecule has 0 bridgehead atoms. The van der Waals surface area contributed by atoms with Crippen molar-refractivity contribution in [3.63, 3.8) is 0 Å². The fourth-order valence-corrected chi connectivity index (χ4v) is 1.82. The first-order valence-corrected chi connectivity index (χ1v) is 6.40. The summed E-state index contributed by atoms with van der Waals surface area (Å²) in [6, 6.07) is 0. The molecule has 0 radical (unpaired) electrons. The summed E-state index contributed by atoms with van der Waals surface area (Å²) >= 11 is 0. The van der Waals surface area contributed by atoms with Crippen LogP contribution in [0.15, 0.2) is 24.8 Å². The van der Waals surface area contributed by atoms with Crippen LogP contribution >= 0.6 is 0 Å². The van der Waals surface area contributed by atoms with Crippen molar-refractivity contribution in [1.29, 1.82) is 0 Å². The maximum Gasteiger partial charge on any atom is -0.0259 e. The van der Waals surface area contributed by atoms with Gasteiger partial charge in [-0.1, -0.05) is 77.7 Å². The molecule has 0 N–H and O–H groups in total. The van der Waals surface area contributed by atoms with E-state index in [1.165, 1.54) is 37.7 Å². The third-order valence-electron chi connectivity index (χ3n) is 3.24. The van der Waals surface area contributed by atoms with Crippen LogP contribution in [0.25, 0.3) is 0 Å². The third kappa shape index (κ3) is 8.47. The van der Waals surface area contributed by atoms with E-state index < -0.39 is 0 Å². The van der Waals surface area contributed by atoms with Crippen LogP contribution in [0.2, 0.25) is 0 Å². The van der Waals surface area contributed by atoms with Crippen LogP contribution in [0, 0.1) is 11.8 Å². The molecule has 0 aliphatic carbocycles. The van der Waals surface area contributed by atoms with Crippen molar-refractivity contribution < 1.29 is 0 Å². The fourth-order valence-electron chi connectivity index (χ4n) is 1.82. The minimum Gasteiger partial charge on any atom is -0.0988 e. The van der Waals surface area contributed by atoms with Gasteiger partial charge in [-0.05, 0) is 18.3 Å². The van der Waals surface area contributed by atoms with E-state index >= 15 is 0 Å². The fraction of sp³-hybridized carbons (Fsp3) is 0.733. The summed E-state index contributed by atoms with van der Waals surface area (Å²) in [4.78, 5) is 0. The highest BCUT2D eigenvalue weighted by Gasteiger charge is 2.04. The Morgan fingerprint density at radius 2 is 1.67 bits per heavy atom. The number of allylic oxidation sites excluding steroid dienone is 2. The van der Waals surface area contributed by atoms with E-state index in [9.17, 15) is 0 Å². The van der Waals surface area contributed by atoms with Crippen LogP contribution in [-0.4, -0.2) is 0 Å². The van der Waals surface area contributed by atoms with Crippen molar-refractivity contribution in [2.75, 3.05) is 0 Å². The largest absolute Gasteiger partial charge is 0.0988 e. The number of hydrogen-bond donors (Lipinski definition) is 0. The summed E-state index contributed by atoms with van der Waals surface area (Å²) in [5, 5.41) is 0. The van der Waals surface area contributed by atoms with Crippen molar-refractivity contribution in [1.82, 2.24) is 0 Å². The van der Waals surface area contributed by atoms with E-state index in [-0.39, 0.29) is 0 Å². The first kappa shape index (κ1) is 14.5. The Morgan fingerprint density at radius 3 is 2.13 bits per heavy atom. The van der Waals surface area contributed by atoms with Gasteiger partial charge in [0.05, 0.1) is 0 Å². The molecule has 0 saturated carbocycles. The molecule has 0 saturated heterocycles. The van der Waals surface area contributed by atoms with Gasteiger partial charge in [0.25, 0.3) is 0 Å². The average molecular weight is 208 g/mol. The van der Waals surface area contributed by atoms with Crippen molar-refractivity contribution in [2.45, 2.75) is 59.3 Å². The van der Waals surface area contributed by atoms with E-state index in [0.29, 0.717) is 0 Å². The molecule has 0 aliphatic heterocycles. The quantitative estimate of drug-likeness (QED) is 0.353. The molecule has 0 aliphatic rings. The predicted molar refractivity (Wildman–Crippen MR) is 71.0 cm³/mol. The second kappa shape index (κ2) is 8.76. The molecule has 15 heavy (non-hydrogen) atoms. The van der Waals surface area contributed by atoms with Crippen molar-refractivity contribution in [3.05, 3.63) is 24.8 Å². The minimum absolute atomic E-state index is 0.771. The Morgan fingerprint density at radius 1 is 1.13 bits per heavy atom. The van der Waals surface area contributed by atoms with Gasteiger partial charge in [0.2, 0.25) is 0 Å². The first-order valence-electron chi connectivity index (χ1n) is 6.40. The monoisotopic (exact) mass is 208 g/mol. The summed E-state index contributed by atoms with van der Waals surface area (Å²) < 4.78 is 0. The van der Waals surface area contributed by atoms with Gasteiger partial charge < -0.3 is 0 Å². The van der Waals surface area contributed by atoms with Gasteiger partial charge in [-0.3, -0.25) is 0 Å². The van der Waals surface area contributed by atoms with Gasteiger partial charge in [-0.2, -0.15) is 0 Å². The second-order valence-electron chi connectivity index (χ2n) is 4.97. The lowest BCUT2D eigenvalue weighted by Gasteiger charge is -2.12. The lowest BCUT2D eigenvalue weighted by molar-refractivity contribution is 0.441. The van der Waals surface area contributed by atoms with Gasteiger partial charge >= 0.3 is 0 Å². The summed E-state index contributed by atoms with van der Waals surface area (Å²) in [5.74, 6) is 1.68. The Bertz CT molecular complexity index is 178. The van der Waals surface area contributed by atoms with E-state index in [0.717, 1.165) is 18.3 Å². The Kier molecular flexibility index (Phi) is 8.46. The molecule has 0 aromatic rings. The highest BCUT2D eigenvalue weighted by atomic mass is 14.1. The van der Waals surface area contributed by atoms with E-state index in [1.54, 1.807) is 0 Å². The number of rotatable bonds is 9. The highest BCUT2D eigenvalue weighted by molar-refractivity contribution is 5.10. The molecular formula is C15H28. The zero-order valence-corrected chi connectivity index (χ0v) is 10.9. The number of unbranched alkanes of at least 4 members (excludes halogenated alkanes) is 1. The maximum absolute atomic E-state index is 3.96. The molecule has 0 heterocycles. The number of hydrogen-bond acceptors (Lipinski definition) is 0. The van der Waals surface area contributed by atoms with E-state index in [4.69, 9.17) is 0 Å². The molecule has 0 heteroatoms. The van der Waals surface area contributed by atoms with Crippen LogP contribution in [-0.2, 0) is 0 Å². The summed E-state index contributed by atoms with van der Waals surface area (Å²) in [6.07, 6.45) is 9.82. The van der Waals surface area contributed by atoms with E-state index in [2.05, 4.69) is 33.9 Å². The zero-order valence-electron chi connectivity index (χ0n) is 10.9. The molecule has 2 unspecified atom stereocenters. The maximum atomic E-state index is 3.96. The molecule has 88 valence electrons. The first-order chi connectivity index (χ1) is 7.10. The Hall–Kier alpha value is -0.520. The molecular weight excluding hydrogens is 180 g/mol. The molecule has 0 aromatic heterocycles. The smallest absolute Gasteiger partial charge is 0.0259 e. The molecule has 0 nitrogen and oxygen atoms in total. The minimum atomic E-state index is 0.771. The van der Waals surface area contributed by atoms with Crippen molar-refractivity contribution in [3.8, 4) is 0 Å². The normalized spacial score (nSPS) is 14.6. The van der Waals surface area contributed by atoms with E-state index in [1.807, 2.05) is 6.08 Å². The highest BCUT2D eigenvalue weighted by Crippen LogP contribution is 2.19. The Balaban J connectivity index is 3.42. The summed E-state index contributed by atoms with van der Waals surface area (Å²) in [5.41, 5.74) is 1.18. The van der Waals surface area contributed by atoms with Gasteiger partial charge in [0, 0.05) is 0 Å². The SMILES string of the molecule is C=CC(=C)CC(C)CCCCC(C)CC. The second-order valence-corrected chi connectivity index (χ2v) is 4.97. The van der Waals surface area contributed by atoms with Gasteiger partial charge in [0.15, 0.2) is 0 Å². The molecule has 2 atom stereocenters. The molecule has 0 spiro atoms. The van der Waals surface area contributed by atoms with Crippen LogP contribution in [0.3, 0.4) is 0 Å². The van der Waals surface area contributed by atoms with Gasteiger partial charge in [-0.15, -0.1) is 0 Å². The van der Waals surface area contributed by atoms with Crippen LogP contribution in [0.5, 0.6) is 0 Å². The Labute approximate surface area is 96.5 Å². The van der Waals surface area contributed by atoms with Gasteiger partial charge in [0.1, 0.15) is 0 Å². The lowest BCUT2D eigenvalue weighted by atomic mass is 9.94. The zero-order chi connectivity index (χ0) is 11.7. The summed E-state index contributed by atoms with van der Waals surface area (Å²) in [7, 11) is 0. The van der Waals surface area contributed by atoms with Crippen molar-refractivity contribution in [2.24, 2.45) is 11.8 Å². The molecule has 0 rings (SSSR count). The standard InChI is InChI=1S/C15H28/c1-6-13(3)10-8-9-11-15(5)12-14(4)7-2/h7,13,15H,2,4,6,8-12H2,1,3,5H3. The molecule has 0 fully saturated rings. The predicted octanol–water partition coefficient (Wildman–Crippen LogP) is 5.36. The lowest BCUT2D eigenvalue weighted by Crippen LogP contribution is -1.97. The topological polar surface area (TPSA) is 0 Å². The van der Waals surface area contributed by atoms with Gasteiger partial charge in [-0.25, -0.2) is 0 Å². The molecule has 0 aromatic carbocycles.